The molecule has 3 rings (SSSR count). The first-order valence-corrected chi connectivity index (χ1v) is 12.0. The van der Waals surface area contributed by atoms with E-state index in [1.54, 1.807) is 48.5 Å². The third kappa shape index (κ3) is 8.74. The van der Waals surface area contributed by atoms with Gasteiger partial charge in [0, 0.05) is 41.1 Å². The summed E-state index contributed by atoms with van der Waals surface area (Å²) in [5.41, 5.74) is 4.39. The summed E-state index contributed by atoms with van der Waals surface area (Å²) in [6.45, 7) is 1.75. The van der Waals surface area contributed by atoms with Gasteiger partial charge in [-0.05, 0) is 61.0 Å². The molecule has 0 heterocycles. The van der Waals surface area contributed by atoms with Crippen LogP contribution in [0.25, 0.3) is 0 Å². The zero-order valence-corrected chi connectivity index (χ0v) is 21.4. The molecule has 40 heavy (non-hydrogen) atoms. The largest absolute Gasteiger partial charge is 0.391 e. The van der Waals surface area contributed by atoms with Crippen LogP contribution in [-0.4, -0.2) is 51.6 Å². The second kappa shape index (κ2) is 14.2. The molecule has 3 aromatic carbocycles. The van der Waals surface area contributed by atoms with Gasteiger partial charge in [-0.1, -0.05) is 24.0 Å². The lowest BCUT2D eigenvalue weighted by Gasteiger charge is -2.19. The van der Waals surface area contributed by atoms with Crippen molar-refractivity contribution in [1.29, 1.82) is 0 Å². The zero-order chi connectivity index (χ0) is 29.1. The predicted molar refractivity (Wildman–Crippen MR) is 145 cm³/mol. The van der Waals surface area contributed by atoms with E-state index in [0.29, 0.717) is 23.4 Å². The van der Waals surface area contributed by atoms with Gasteiger partial charge in [-0.2, -0.15) is 0 Å². The number of amides is 3. The number of hydroxylamine groups is 1. The number of hydrogen-bond donors (Lipinski definition) is 6. The van der Waals surface area contributed by atoms with Gasteiger partial charge in [0.25, 0.3) is 17.5 Å². The van der Waals surface area contributed by atoms with Crippen molar-refractivity contribution in [3.63, 3.8) is 0 Å². The molecule has 2 atom stereocenters. The number of nitro groups is 1. The van der Waals surface area contributed by atoms with E-state index in [9.17, 15) is 29.6 Å². The van der Waals surface area contributed by atoms with E-state index in [1.807, 2.05) is 0 Å². The van der Waals surface area contributed by atoms with Crippen LogP contribution in [0, 0.1) is 22.0 Å². The summed E-state index contributed by atoms with van der Waals surface area (Å²) < 4.78 is 0. The summed E-state index contributed by atoms with van der Waals surface area (Å²) in [5, 5.41) is 37.2. The number of rotatable bonds is 10. The maximum atomic E-state index is 12.4. The highest BCUT2D eigenvalue weighted by atomic mass is 16.6. The highest BCUT2D eigenvalue weighted by Gasteiger charge is 2.25. The lowest BCUT2D eigenvalue weighted by molar-refractivity contribution is -0.384. The first kappa shape index (κ1) is 29.5. The molecule has 3 amide bonds. The molecular formula is C28H27N5O7. The van der Waals surface area contributed by atoms with Gasteiger partial charge >= 0.3 is 0 Å². The summed E-state index contributed by atoms with van der Waals surface area (Å²) in [4.78, 5) is 46.4. The molecular weight excluding hydrogens is 518 g/mol. The van der Waals surface area contributed by atoms with Crippen LogP contribution in [0.4, 0.5) is 11.4 Å². The number of nitro benzene ring substituents is 1. The van der Waals surface area contributed by atoms with Crippen LogP contribution in [0.1, 0.15) is 34.0 Å². The highest BCUT2D eigenvalue weighted by molar-refractivity contribution is 5.97. The van der Waals surface area contributed by atoms with E-state index in [1.165, 1.54) is 36.7 Å². The second-order valence-corrected chi connectivity index (χ2v) is 8.65. The van der Waals surface area contributed by atoms with Crippen molar-refractivity contribution in [2.75, 3.05) is 11.9 Å². The zero-order valence-electron chi connectivity index (χ0n) is 21.4. The number of non-ortho nitro benzene ring substituents is 1. The third-order valence-electron chi connectivity index (χ3n) is 5.59. The Hall–Kier alpha value is -5.09. The molecule has 0 radical (unpaired) electrons. The van der Waals surface area contributed by atoms with Crippen LogP contribution in [0.5, 0.6) is 0 Å². The van der Waals surface area contributed by atoms with E-state index >= 15 is 0 Å². The van der Waals surface area contributed by atoms with Gasteiger partial charge in [-0.25, -0.2) is 5.48 Å². The number of nitrogens with one attached hydrogen (secondary N) is 4. The van der Waals surface area contributed by atoms with Gasteiger partial charge < -0.3 is 21.1 Å². The van der Waals surface area contributed by atoms with Gasteiger partial charge in [-0.3, -0.25) is 29.7 Å². The Balaban J connectivity index is 1.48. The molecule has 0 saturated heterocycles. The predicted octanol–water partition coefficient (Wildman–Crippen LogP) is 1.71. The van der Waals surface area contributed by atoms with E-state index in [2.05, 4.69) is 27.8 Å². The molecule has 0 spiro atoms. The van der Waals surface area contributed by atoms with Crippen molar-refractivity contribution in [2.45, 2.75) is 25.6 Å². The molecule has 0 saturated carbocycles. The van der Waals surface area contributed by atoms with E-state index in [0.717, 1.165) is 5.56 Å². The first-order valence-electron chi connectivity index (χ1n) is 12.0. The van der Waals surface area contributed by atoms with Gasteiger partial charge in [0.1, 0.15) is 6.04 Å². The average Bonchev–Trinajstić information content (AvgIpc) is 2.95. The minimum atomic E-state index is -1.32. The first-order chi connectivity index (χ1) is 19.2. The quantitative estimate of drug-likeness (QED) is 0.0963. The number of carbonyl (C=O) groups is 3. The fourth-order valence-electron chi connectivity index (χ4n) is 3.45. The third-order valence-corrected chi connectivity index (χ3v) is 5.59. The number of aliphatic hydroxyl groups excluding tert-OH is 1. The van der Waals surface area contributed by atoms with Gasteiger partial charge in [0.05, 0.1) is 17.6 Å². The molecule has 0 bridgehead atoms. The lowest BCUT2D eigenvalue weighted by Crippen LogP contribution is -2.51. The van der Waals surface area contributed by atoms with Crippen molar-refractivity contribution < 1.29 is 29.6 Å². The maximum absolute atomic E-state index is 12.4. The number of benzene rings is 3. The topological polar surface area (TPSA) is 183 Å². The maximum Gasteiger partial charge on any atom is 0.269 e. The van der Waals surface area contributed by atoms with Crippen LogP contribution in [0.3, 0.4) is 0 Å². The van der Waals surface area contributed by atoms with Crippen molar-refractivity contribution in [3.8, 4) is 11.8 Å². The second-order valence-electron chi connectivity index (χ2n) is 8.65. The monoisotopic (exact) mass is 545 g/mol. The molecule has 0 aliphatic heterocycles. The van der Waals surface area contributed by atoms with Gasteiger partial charge in [0.2, 0.25) is 5.91 Å². The number of anilines is 1. The lowest BCUT2D eigenvalue weighted by atomic mass is 10.1. The van der Waals surface area contributed by atoms with E-state index < -0.39 is 28.9 Å². The minimum Gasteiger partial charge on any atom is -0.391 e. The van der Waals surface area contributed by atoms with Crippen LogP contribution >= 0.6 is 0 Å². The Morgan fingerprint density at radius 2 is 1.50 bits per heavy atom. The summed E-state index contributed by atoms with van der Waals surface area (Å²) >= 11 is 0. The Morgan fingerprint density at radius 1 is 0.925 bits per heavy atom. The Kier molecular flexibility index (Phi) is 10.4. The van der Waals surface area contributed by atoms with Crippen molar-refractivity contribution in [1.82, 2.24) is 16.1 Å². The smallest absolute Gasteiger partial charge is 0.269 e. The van der Waals surface area contributed by atoms with E-state index in [4.69, 9.17) is 5.21 Å². The Morgan fingerprint density at radius 3 is 2.02 bits per heavy atom. The van der Waals surface area contributed by atoms with Crippen molar-refractivity contribution in [3.05, 3.63) is 105 Å². The molecule has 206 valence electrons. The summed E-state index contributed by atoms with van der Waals surface area (Å²) in [7, 11) is 0. The van der Waals surface area contributed by atoms with Crippen molar-refractivity contribution in [2.24, 2.45) is 0 Å². The number of nitrogens with zero attached hydrogens (tertiary/aromatic N) is 1. The molecule has 0 aliphatic carbocycles. The summed E-state index contributed by atoms with van der Waals surface area (Å²) in [6, 6.07) is 18.0. The summed E-state index contributed by atoms with van der Waals surface area (Å²) in [5.74, 6) is 4.18. The summed E-state index contributed by atoms with van der Waals surface area (Å²) in [6.07, 6.45) is -1.22. The fourth-order valence-corrected chi connectivity index (χ4v) is 3.45. The standard InChI is InChI=1S/C28H27N5O7/c1-18(34)26(28(37)32-38)31-27(36)22-10-4-19(5-11-22)2-3-20-6-12-23(13-7-20)30-25(35)17-29-16-21-8-14-24(15-9-21)33(39)40/h4-15,18,26,29,34,38H,16-17H2,1H3,(H,30,35)(H,31,36)(H,32,37)/t18-,26+/m1/s1. The number of carbonyl (C=O) groups excluding carboxylic acids is 3. The normalized spacial score (nSPS) is 11.8. The molecule has 12 heteroatoms. The molecule has 6 N–H and O–H groups in total. The fraction of sp³-hybridized carbons (Fsp3) is 0.179. The van der Waals surface area contributed by atoms with Gasteiger partial charge in [0.15, 0.2) is 0 Å². The Labute approximate surface area is 229 Å². The SMILES string of the molecule is C[C@@H](O)[C@H](NC(=O)c1ccc(C#Cc2ccc(NC(=O)CNCc3ccc([N+](=O)[O-])cc3)cc2)cc1)C(=O)NO. The molecule has 0 unspecified atom stereocenters. The Bertz CT molecular complexity index is 1410. The van der Waals surface area contributed by atoms with Crippen LogP contribution in [-0.2, 0) is 16.1 Å². The van der Waals surface area contributed by atoms with Gasteiger partial charge in [-0.15, -0.1) is 0 Å². The van der Waals surface area contributed by atoms with Crippen LogP contribution in [0.2, 0.25) is 0 Å². The number of aliphatic hydroxyl groups is 1. The molecule has 0 aromatic heterocycles. The van der Waals surface area contributed by atoms with Crippen LogP contribution < -0.4 is 21.4 Å². The van der Waals surface area contributed by atoms with Crippen molar-refractivity contribution >= 4 is 29.1 Å². The highest BCUT2D eigenvalue weighted by Crippen LogP contribution is 2.12. The minimum absolute atomic E-state index is 0.00733. The molecule has 0 fully saturated rings. The molecule has 3 aromatic rings. The number of hydrogen-bond acceptors (Lipinski definition) is 8. The van der Waals surface area contributed by atoms with Crippen LogP contribution in [0.15, 0.2) is 72.8 Å². The molecule has 0 aliphatic rings. The average molecular weight is 546 g/mol. The molecule has 12 nitrogen and oxygen atoms in total. The van der Waals surface area contributed by atoms with E-state index in [-0.39, 0.29) is 23.7 Å².